The van der Waals surface area contributed by atoms with E-state index in [1.54, 1.807) is 12.5 Å². The fraction of sp³-hybridized carbons (Fsp3) is 0.0833. The van der Waals surface area contributed by atoms with Gasteiger partial charge in [-0.25, -0.2) is 24.9 Å². The van der Waals surface area contributed by atoms with Crippen LogP contribution in [0.1, 0.15) is 39.9 Å². The standard InChI is InChI=1S/C16H13N3.C16H13N.C14H11N.2C10H9N.2C9H8N2/c1-12-17-15(13-8-4-2-5-9-13)19-16(18-12)14-10-6-3-7-11-14;1-12-14-9-5-6-10-15(14)16(11-17-12)13-7-3-2-4-8-13;1-10-11-6-2-3-7-12(11)13-8-4-5-9-14(13)15-10;1-8-6-11-7-9-4-2-3-5-10(8)9;1-8-6-7-9-4-2-3-5-10(9)11-8;1-7-8-4-2-3-5-9(8)11-6-10-7;1-7-9-5-3-2-4-8(9)6-10-11-7/h2-11H,1H3;2-11H,1H3;2-9H,1H3;2*2-7H,1H3;2*2-6H,1H3. The summed E-state index contributed by atoms with van der Waals surface area (Å²) in [5.74, 6) is 2.16. The Morgan fingerprint density at radius 1 is 0.253 bits per heavy atom. The van der Waals surface area contributed by atoms with Crippen LogP contribution in [0.4, 0.5) is 0 Å². The molecule has 11 nitrogen and oxygen atoms in total. The molecule has 0 spiro atoms. The number of nitrogens with zero attached hydrogens (tertiary/aromatic N) is 11. The molecule has 7 aromatic heterocycles. The SMILES string of the molecule is Cc1ccc2ccccc2n1.Cc1cncc2ccccc12.Cc1nc(-c2ccccc2)nc(-c2ccccc2)n1.Cc1nc2ccccc2c2ccccc12.Cc1ncc(-c2ccccc2)c2ccccc12.Cc1ncnc2ccccc12.Cc1nncc2ccccc12. The molecular formula is C84H71N11. The van der Waals surface area contributed by atoms with Gasteiger partial charge < -0.3 is 0 Å². The van der Waals surface area contributed by atoms with Crippen molar-refractivity contribution in [3.05, 3.63) is 344 Å². The van der Waals surface area contributed by atoms with Crippen LogP contribution in [0.25, 0.3) is 110 Å². The third-order valence-electron chi connectivity index (χ3n) is 15.8. The van der Waals surface area contributed by atoms with E-state index in [2.05, 4.69) is 203 Å². The van der Waals surface area contributed by atoms with Crippen molar-refractivity contribution in [3.8, 4) is 33.9 Å². The minimum atomic E-state index is 0.715. The molecule has 95 heavy (non-hydrogen) atoms. The van der Waals surface area contributed by atoms with Gasteiger partial charge >= 0.3 is 0 Å². The summed E-state index contributed by atoms with van der Waals surface area (Å²) in [5, 5.41) is 21.3. The maximum atomic E-state index is 4.60. The van der Waals surface area contributed by atoms with E-state index in [1.165, 1.54) is 65.2 Å². The first kappa shape index (κ1) is 64.3. The summed E-state index contributed by atoms with van der Waals surface area (Å²) in [4.78, 5) is 39.2. The first-order chi connectivity index (χ1) is 46.5. The van der Waals surface area contributed by atoms with Gasteiger partial charge in [0.05, 0.1) is 28.4 Å². The molecule has 7 heterocycles. The van der Waals surface area contributed by atoms with Gasteiger partial charge in [0.1, 0.15) is 12.2 Å². The predicted octanol–water partition coefficient (Wildman–Crippen LogP) is 20.4. The summed E-state index contributed by atoms with van der Waals surface area (Å²) in [7, 11) is 0. The van der Waals surface area contributed by atoms with Gasteiger partial charge in [0.2, 0.25) is 0 Å². The van der Waals surface area contributed by atoms with Crippen LogP contribution in [-0.4, -0.2) is 55.1 Å². The molecule has 0 amide bonds. The van der Waals surface area contributed by atoms with E-state index in [-0.39, 0.29) is 0 Å². The molecule has 17 rings (SSSR count). The van der Waals surface area contributed by atoms with Gasteiger partial charge in [0.15, 0.2) is 11.6 Å². The van der Waals surface area contributed by atoms with Crippen LogP contribution in [0, 0.1) is 48.5 Å². The van der Waals surface area contributed by atoms with Crippen LogP contribution in [0.5, 0.6) is 0 Å². The van der Waals surface area contributed by atoms with Crippen molar-refractivity contribution in [1.82, 2.24) is 55.1 Å². The highest BCUT2D eigenvalue weighted by atomic mass is 15.1. The molecule has 0 saturated heterocycles. The lowest BCUT2D eigenvalue weighted by molar-refractivity contribution is 0.992. The molecule has 0 unspecified atom stereocenters. The van der Waals surface area contributed by atoms with Crippen molar-refractivity contribution in [2.24, 2.45) is 0 Å². The number of pyridine rings is 4. The van der Waals surface area contributed by atoms with Gasteiger partial charge in [-0.05, 0) is 100 Å². The fourth-order valence-corrected chi connectivity index (χ4v) is 10.9. The summed E-state index contributed by atoms with van der Waals surface area (Å²) in [6, 6.07) is 92.1. The van der Waals surface area contributed by atoms with Crippen molar-refractivity contribution in [1.29, 1.82) is 0 Å². The second-order valence-electron chi connectivity index (χ2n) is 22.5. The molecule has 0 radical (unpaired) electrons. The molecule has 0 bridgehead atoms. The molecule has 0 N–H and O–H groups in total. The summed E-state index contributed by atoms with van der Waals surface area (Å²) in [5.41, 5.74) is 14.1. The molecule has 10 aromatic carbocycles. The van der Waals surface area contributed by atoms with E-state index in [4.69, 9.17) is 0 Å². The van der Waals surface area contributed by atoms with E-state index in [1.807, 2.05) is 192 Å². The Labute approximate surface area is 554 Å². The lowest BCUT2D eigenvalue weighted by Crippen LogP contribution is -1.99. The Balaban J connectivity index is 0.000000114. The predicted molar refractivity (Wildman–Crippen MR) is 393 cm³/mol. The van der Waals surface area contributed by atoms with Crippen molar-refractivity contribution in [2.75, 3.05) is 0 Å². The molecule has 17 aromatic rings. The molecule has 0 aliphatic heterocycles. The number of aromatic nitrogens is 11. The fourth-order valence-electron chi connectivity index (χ4n) is 10.9. The zero-order chi connectivity index (χ0) is 65.7. The van der Waals surface area contributed by atoms with E-state index >= 15 is 0 Å². The minimum Gasteiger partial charge on any atom is -0.264 e. The van der Waals surface area contributed by atoms with Gasteiger partial charge in [-0.2, -0.15) is 10.2 Å². The molecular weight excluding hydrogens is 1160 g/mol. The lowest BCUT2D eigenvalue weighted by Gasteiger charge is -2.08. The monoisotopic (exact) mass is 1230 g/mol. The van der Waals surface area contributed by atoms with Crippen LogP contribution in [0.3, 0.4) is 0 Å². The lowest BCUT2D eigenvalue weighted by atomic mass is 10.00. The topological polar surface area (TPSA) is 142 Å². The summed E-state index contributed by atoms with van der Waals surface area (Å²) in [6.07, 6.45) is 9.12. The maximum absolute atomic E-state index is 4.60. The third kappa shape index (κ3) is 16.7. The number of hydrogen-bond acceptors (Lipinski definition) is 11. The smallest absolute Gasteiger partial charge is 0.163 e. The maximum Gasteiger partial charge on any atom is 0.163 e. The van der Waals surface area contributed by atoms with Gasteiger partial charge in [-0.15, -0.1) is 0 Å². The highest BCUT2D eigenvalue weighted by Crippen LogP contribution is 2.30. The number of hydrogen-bond donors (Lipinski definition) is 0. The number of rotatable bonds is 3. The number of para-hydroxylation sites is 3. The van der Waals surface area contributed by atoms with E-state index in [0.717, 1.165) is 72.7 Å². The summed E-state index contributed by atoms with van der Waals surface area (Å²) < 4.78 is 0. The first-order valence-corrected chi connectivity index (χ1v) is 31.5. The second-order valence-corrected chi connectivity index (χ2v) is 22.5. The van der Waals surface area contributed by atoms with Crippen LogP contribution in [-0.2, 0) is 0 Å². The Morgan fingerprint density at radius 2 is 0.726 bits per heavy atom. The van der Waals surface area contributed by atoms with Crippen LogP contribution < -0.4 is 0 Å². The van der Waals surface area contributed by atoms with Crippen LogP contribution >= 0.6 is 0 Å². The van der Waals surface area contributed by atoms with Crippen LogP contribution in [0.2, 0.25) is 0 Å². The highest BCUT2D eigenvalue weighted by molar-refractivity contribution is 6.06. The zero-order valence-corrected chi connectivity index (χ0v) is 54.3. The molecule has 0 atom stereocenters. The Morgan fingerprint density at radius 3 is 1.34 bits per heavy atom. The second kappa shape index (κ2) is 31.7. The molecule has 462 valence electrons. The van der Waals surface area contributed by atoms with Gasteiger partial charge in [0.25, 0.3) is 0 Å². The van der Waals surface area contributed by atoms with Gasteiger partial charge in [-0.1, -0.05) is 249 Å². The van der Waals surface area contributed by atoms with Crippen LogP contribution in [0.15, 0.2) is 304 Å². The van der Waals surface area contributed by atoms with Crippen molar-refractivity contribution < 1.29 is 0 Å². The third-order valence-corrected chi connectivity index (χ3v) is 15.8. The molecule has 0 saturated carbocycles. The largest absolute Gasteiger partial charge is 0.264 e. The minimum absolute atomic E-state index is 0.715. The average molecular weight is 1230 g/mol. The number of aryl methyl sites for hydroxylation is 7. The first-order valence-electron chi connectivity index (χ1n) is 31.5. The quantitative estimate of drug-likeness (QED) is 0.156. The number of benzene rings is 10. The summed E-state index contributed by atoms with van der Waals surface area (Å²) in [6.45, 7) is 14.0. The Hall–Kier alpha value is -12.2. The highest BCUT2D eigenvalue weighted by Gasteiger charge is 2.09. The Kier molecular flexibility index (Phi) is 21.5. The molecule has 0 fully saturated rings. The molecule has 0 aliphatic rings. The normalized spacial score (nSPS) is 10.5. The van der Waals surface area contributed by atoms with E-state index in [9.17, 15) is 0 Å². The van der Waals surface area contributed by atoms with Crippen molar-refractivity contribution >= 4 is 75.8 Å². The van der Waals surface area contributed by atoms with Gasteiger partial charge in [0, 0.05) is 101 Å². The van der Waals surface area contributed by atoms with Gasteiger partial charge in [-0.3, -0.25) is 19.9 Å². The molecule has 11 heteroatoms. The molecule has 0 aliphatic carbocycles. The number of fused-ring (bicyclic) bond motifs is 8. The van der Waals surface area contributed by atoms with Crippen molar-refractivity contribution in [3.63, 3.8) is 0 Å². The Bertz CT molecular complexity index is 5090. The average Bonchev–Trinajstić information content (AvgIpc) is 0.887. The zero-order valence-electron chi connectivity index (χ0n) is 54.3. The van der Waals surface area contributed by atoms with Crippen molar-refractivity contribution in [2.45, 2.75) is 48.5 Å². The van der Waals surface area contributed by atoms with E-state index in [0.29, 0.717) is 11.6 Å². The summed E-state index contributed by atoms with van der Waals surface area (Å²) >= 11 is 0. The van der Waals surface area contributed by atoms with E-state index < -0.39 is 0 Å².